The minimum Gasteiger partial charge on any atom is -0.507 e. The molecule has 0 aliphatic rings. The summed E-state index contributed by atoms with van der Waals surface area (Å²) in [5, 5.41) is 94.9. The fourth-order valence-electron chi connectivity index (χ4n) is 3.70. The van der Waals surface area contributed by atoms with Gasteiger partial charge in [0, 0.05) is 13.2 Å². The number of aliphatic hydroxyl groups is 2. The number of rotatable bonds is 12. The maximum absolute atomic E-state index is 10.6. The molecule has 0 saturated carbocycles. The van der Waals surface area contributed by atoms with Crippen LogP contribution in [0.3, 0.4) is 0 Å². The van der Waals surface area contributed by atoms with Gasteiger partial charge in [-0.05, 0) is 85.6 Å². The van der Waals surface area contributed by atoms with Gasteiger partial charge in [0.15, 0.2) is 0 Å². The van der Waals surface area contributed by atoms with Crippen molar-refractivity contribution >= 4 is 77.0 Å². The van der Waals surface area contributed by atoms with Gasteiger partial charge in [0.05, 0.1) is 19.6 Å². The van der Waals surface area contributed by atoms with Crippen LogP contribution in [0.5, 0.6) is 23.0 Å². The number of aromatic hydroxyl groups is 4. The molecule has 0 heterocycles. The van der Waals surface area contributed by atoms with E-state index in [-0.39, 0.29) is 0 Å². The number of aromatic carboxylic acids is 4. The summed E-state index contributed by atoms with van der Waals surface area (Å²) in [5.41, 5.74) is -2.33. The molecule has 0 amide bonds. The Hall–Kier alpha value is -6.64. The number of nitriles is 1. The summed E-state index contributed by atoms with van der Waals surface area (Å²) in [7, 11) is -17.8. The Morgan fingerprint density at radius 3 is 0.696 bits per heavy atom. The van der Waals surface area contributed by atoms with Crippen LogP contribution in [-0.2, 0) is 40.5 Å². The first-order valence-electron chi connectivity index (χ1n) is 17.9. The number of carbonyl (C=O) groups is 4. The number of carboxylic acids is 4. The van der Waals surface area contributed by atoms with Crippen LogP contribution < -0.4 is 0 Å². The first-order valence-corrected chi connectivity index (χ1v) is 24.1. The third kappa shape index (κ3) is 27.1. The topological polar surface area (TPSA) is 512 Å². The fourth-order valence-corrected chi connectivity index (χ4v) is 5.73. The lowest BCUT2D eigenvalue weighted by atomic mass is 10.2. The predicted octanol–water partition coefficient (Wildman–Crippen LogP) is 3.30. The molecule has 4 aromatic carbocycles. The van der Waals surface area contributed by atoms with Crippen molar-refractivity contribution in [2.24, 2.45) is 0 Å². The molecule has 0 atom stereocenters. The van der Waals surface area contributed by atoms with Crippen molar-refractivity contribution in [3.05, 3.63) is 95.1 Å². The van der Waals surface area contributed by atoms with Crippen molar-refractivity contribution in [1.29, 1.82) is 5.26 Å². The zero-order valence-electron chi connectivity index (χ0n) is 35.4. The Labute approximate surface area is 398 Å². The second-order valence-electron chi connectivity index (χ2n) is 12.1. The molecule has 14 N–H and O–H groups in total. The molecule has 384 valence electrons. The largest absolute Gasteiger partial charge is 0.507 e. The number of unbranched alkanes of at least 4 members (excludes halogenated alkanes) is 2. The first kappa shape index (κ1) is 66.6. The smallest absolute Gasteiger partial charge is 0.339 e. The Morgan fingerprint density at radius 1 is 0.449 bits per heavy atom. The van der Waals surface area contributed by atoms with Gasteiger partial charge >= 0.3 is 23.9 Å². The number of hydrogen-bond donors (Lipinski definition) is 15. The summed E-state index contributed by atoms with van der Waals surface area (Å²) in [4.78, 5) is 39.6. The Balaban J connectivity index is -0.000000774. The number of nitrogens with zero attached hydrogens (tertiary/aromatic N) is 1. The van der Waals surface area contributed by atoms with Crippen molar-refractivity contribution in [2.75, 3.05) is 13.2 Å². The standard InChI is InChI=1S/4C7H6O6S.2C4H10O.CHNS/c4*8-6-2-1-4(14(11,12)13)3-5(6)7(9)10;2*1-2-3-4-5;2-1-3/h4*1-3,8H,(H,9,10)(H,11,12,13);2*5H,2-4H2,1H3;3H. The lowest BCUT2D eigenvalue weighted by molar-refractivity contribution is 0.0682. The van der Waals surface area contributed by atoms with E-state index in [1.165, 1.54) is 5.40 Å². The molecule has 0 aliphatic heterocycles. The van der Waals surface area contributed by atoms with Crippen molar-refractivity contribution in [3.8, 4) is 28.4 Å². The molecule has 4 aromatic rings. The highest BCUT2D eigenvalue weighted by molar-refractivity contribution is 7.86. The molecule has 0 spiro atoms. The van der Waals surface area contributed by atoms with Gasteiger partial charge in [-0.25, -0.2) is 19.2 Å². The average molecular weight is 1080 g/mol. The van der Waals surface area contributed by atoms with Crippen LogP contribution in [0, 0.1) is 10.7 Å². The molecule has 0 fully saturated rings. The van der Waals surface area contributed by atoms with E-state index in [2.05, 4.69) is 26.5 Å². The van der Waals surface area contributed by atoms with Gasteiger partial charge < -0.3 is 51.1 Å². The van der Waals surface area contributed by atoms with Crippen molar-refractivity contribution < 1.29 is 122 Å². The molecular weight excluding hydrogens is 1030 g/mol. The van der Waals surface area contributed by atoms with E-state index >= 15 is 0 Å². The summed E-state index contributed by atoms with van der Waals surface area (Å²) < 4.78 is 119. The summed E-state index contributed by atoms with van der Waals surface area (Å²) in [6, 6.07) is 9.82. The summed E-state index contributed by atoms with van der Waals surface area (Å²) in [6.07, 6.45) is 4.08. The second kappa shape index (κ2) is 31.4. The van der Waals surface area contributed by atoms with E-state index in [0.29, 0.717) is 37.5 Å². The molecule has 0 aliphatic carbocycles. The van der Waals surface area contributed by atoms with Crippen molar-refractivity contribution in [3.63, 3.8) is 0 Å². The Kier molecular flexibility index (Phi) is 30.3. The van der Waals surface area contributed by atoms with Crippen LogP contribution in [0.15, 0.2) is 92.4 Å². The average Bonchev–Trinajstić information content (AvgIpc) is 3.21. The zero-order valence-corrected chi connectivity index (χ0v) is 39.5. The molecule has 0 bridgehead atoms. The zero-order chi connectivity index (χ0) is 54.7. The number of aliphatic hydroxyl groups excluding tert-OH is 2. The number of benzene rings is 4. The van der Waals surface area contributed by atoms with E-state index in [0.717, 1.165) is 74.2 Å². The minimum atomic E-state index is -4.45. The Morgan fingerprint density at radius 2 is 0.609 bits per heavy atom. The normalized spacial score (nSPS) is 10.4. The van der Waals surface area contributed by atoms with E-state index in [1.807, 2.05) is 0 Å². The second-order valence-corrected chi connectivity index (χ2v) is 18.0. The maximum Gasteiger partial charge on any atom is 0.339 e. The van der Waals surface area contributed by atoms with Crippen LogP contribution in [0.25, 0.3) is 0 Å². The highest BCUT2D eigenvalue weighted by Crippen LogP contribution is 2.24. The monoisotopic (exact) mass is 1080 g/mol. The van der Waals surface area contributed by atoms with Crippen molar-refractivity contribution in [1.82, 2.24) is 0 Å². The Bertz CT molecular complexity index is 2480. The lowest BCUT2D eigenvalue weighted by Crippen LogP contribution is -2.02. The summed E-state index contributed by atoms with van der Waals surface area (Å²) in [5.74, 6) is -8.17. The lowest BCUT2D eigenvalue weighted by Gasteiger charge is -2.01. The highest BCUT2D eigenvalue weighted by atomic mass is 32.2. The maximum atomic E-state index is 10.6. The van der Waals surface area contributed by atoms with Gasteiger partial charge in [0.1, 0.15) is 50.7 Å². The molecule has 0 unspecified atom stereocenters. The minimum absolute atomic E-state index is 0.344. The van der Waals surface area contributed by atoms with Gasteiger partial charge in [-0.1, -0.05) is 39.3 Å². The van der Waals surface area contributed by atoms with Gasteiger partial charge in [-0.3, -0.25) is 18.2 Å². The first-order chi connectivity index (χ1) is 31.5. The van der Waals surface area contributed by atoms with E-state index in [9.17, 15) is 52.8 Å². The summed E-state index contributed by atoms with van der Waals surface area (Å²) in [6.45, 7) is 4.79. The van der Waals surface area contributed by atoms with Crippen LogP contribution in [0.1, 0.15) is 81.0 Å². The van der Waals surface area contributed by atoms with Gasteiger partial charge in [0.25, 0.3) is 40.5 Å². The van der Waals surface area contributed by atoms with Crippen LogP contribution in [-0.4, -0.2) is 140 Å². The molecule has 27 nitrogen and oxygen atoms in total. The molecule has 32 heteroatoms. The molecule has 0 radical (unpaired) electrons. The third-order valence-corrected chi connectivity index (χ3v) is 10.4. The number of carboxylic acid groups (broad SMARTS) is 4. The quantitative estimate of drug-likeness (QED) is 0.0549. The molecular formula is C37H45NO26S5. The number of thiol groups is 1. The molecule has 4 rings (SSSR count). The number of phenols is 4. The van der Waals surface area contributed by atoms with Crippen LogP contribution in [0.4, 0.5) is 0 Å². The van der Waals surface area contributed by atoms with Gasteiger partial charge in [0.2, 0.25) is 0 Å². The van der Waals surface area contributed by atoms with Crippen molar-refractivity contribution in [2.45, 2.75) is 59.1 Å². The van der Waals surface area contributed by atoms with Crippen LogP contribution >= 0.6 is 12.6 Å². The van der Waals surface area contributed by atoms with Crippen LogP contribution in [0.2, 0.25) is 0 Å². The van der Waals surface area contributed by atoms with E-state index in [1.54, 1.807) is 0 Å². The SMILES string of the molecule is CCCCO.CCCCO.N#CS.O=C(O)c1cc(S(=O)(=O)O)ccc1O.O=C(O)c1cc(S(=O)(=O)O)ccc1O.O=C(O)c1cc(S(=O)(=O)O)ccc1O.O=C(O)c1cc(S(=O)(=O)O)ccc1O. The molecule has 0 saturated heterocycles. The number of thiocyanates is 1. The number of hydrogen-bond acceptors (Lipinski definition) is 20. The third-order valence-electron chi connectivity index (χ3n) is 7.01. The summed E-state index contributed by atoms with van der Waals surface area (Å²) >= 11 is 3.09. The van der Waals surface area contributed by atoms with E-state index < -0.39 is 129 Å². The predicted molar refractivity (Wildman–Crippen MR) is 238 cm³/mol. The molecule has 0 aromatic heterocycles. The molecule has 69 heavy (non-hydrogen) atoms. The highest BCUT2D eigenvalue weighted by Gasteiger charge is 2.19. The van der Waals surface area contributed by atoms with Gasteiger partial charge in [-0.15, -0.1) is 0 Å². The van der Waals surface area contributed by atoms with Gasteiger partial charge in [-0.2, -0.15) is 38.9 Å². The van der Waals surface area contributed by atoms with E-state index in [4.69, 9.17) is 74.5 Å². The fraction of sp³-hybridized carbons (Fsp3) is 0.216.